The molecular formula is C15H20N2O2. The maximum atomic E-state index is 11.4. The first-order valence-corrected chi connectivity index (χ1v) is 6.95. The third-order valence-electron chi connectivity index (χ3n) is 4.03. The minimum Gasteiger partial charge on any atom is -0.465 e. The number of nitrogens with zero attached hydrogens (tertiary/aromatic N) is 2. The summed E-state index contributed by atoms with van der Waals surface area (Å²) in [6.07, 6.45) is 2.77. The summed E-state index contributed by atoms with van der Waals surface area (Å²) in [4.78, 5) is 16.4. The Morgan fingerprint density at radius 2 is 1.74 bits per heavy atom. The molecule has 4 nitrogen and oxygen atoms in total. The molecule has 0 radical (unpaired) electrons. The third-order valence-corrected chi connectivity index (χ3v) is 4.03. The number of anilines is 1. The third kappa shape index (κ3) is 2.73. The van der Waals surface area contributed by atoms with Crippen molar-refractivity contribution in [3.8, 4) is 0 Å². The lowest BCUT2D eigenvalue weighted by Gasteiger charge is -2.36. The predicted molar refractivity (Wildman–Crippen MR) is 74.6 cm³/mol. The van der Waals surface area contributed by atoms with Gasteiger partial charge in [-0.25, -0.2) is 4.79 Å². The Bertz CT molecular complexity index is 446. The number of ether oxygens (including phenoxy) is 1. The van der Waals surface area contributed by atoms with E-state index in [4.69, 9.17) is 4.74 Å². The van der Waals surface area contributed by atoms with Gasteiger partial charge in [-0.2, -0.15) is 0 Å². The largest absolute Gasteiger partial charge is 0.465 e. The Hall–Kier alpha value is -1.55. The van der Waals surface area contributed by atoms with E-state index >= 15 is 0 Å². The number of rotatable bonds is 3. The number of methoxy groups -OCH3 is 1. The van der Waals surface area contributed by atoms with E-state index in [0.29, 0.717) is 5.56 Å². The maximum Gasteiger partial charge on any atom is 0.337 e. The number of benzene rings is 1. The van der Waals surface area contributed by atoms with Gasteiger partial charge in [0.15, 0.2) is 0 Å². The molecule has 3 rings (SSSR count). The summed E-state index contributed by atoms with van der Waals surface area (Å²) in [6, 6.07) is 8.57. The molecule has 0 unspecified atom stereocenters. The molecule has 0 spiro atoms. The molecule has 19 heavy (non-hydrogen) atoms. The van der Waals surface area contributed by atoms with Gasteiger partial charge in [0, 0.05) is 37.9 Å². The van der Waals surface area contributed by atoms with E-state index < -0.39 is 0 Å². The Balaban J connectivity index is 1.61. The Morgan fingerprint density at radius 1 is 1.11 bits per heavy atom. The number of carbonyl (C=O) groups is 1. The van der Waals surface area contributed by atoms with Crippen molar-refractivity contribution in [2.45, 2.75) is 18.9 Å². The summed E-state index contributed by atoms with van der Waals surface area (Å²) in [7, 11) is 1.41. The van der Waals surface area contributed by atoms with Crippen LogP contribution in [0.3, 0.4) is 0 Å². The summed E-state index contributed by atoms with van der Waals surface area (Å²) >= 11 is 0. The SMILES string of the molecule is COC(=O)c1ccc(N2CCN(C3CC3)CC2)cc1. The fourth-order valence-electron chi connectivity index (χ4n) is 2.71. The summed E-state index contributed by atoms with van der Waals surface area (Å²) < 4.78 is 4.71. The van der Waals surface area contributed by atoms with E-state index in [0.717, 1.165) is 32.2 Å². The van der Waals surface area contributed by atoms with Gasteiger partial charge in [-0.1, -0.05) is 0 Å². The van der Waals surface area contributed by atoms with Crippen LogP contribution in [0.25, 0.3) is 0 Å². The molecule has 0 amide bonds. The van der Waals surface area contributed by atoms with Gasteiger partial charge in [-0.15, -0.1) is 0 Å². The Kier molecular flexibility index (Phi) is 3.42. The second-order valence-electron chi connectivity index (χ2n) is 5.29. The smallest absolute Gasteiger partial charge is 0.337 e. The molecule has 1 aliphatic carbocycles. The molecule has 1 saturated carbocycles. The standard InChI is InChI=1S/C15H20N2O2/c1-19-15(18)12-2-4-13(5-3-12)16-8-10-17(11-9-16)14-6-7-14/h2-5,14H,6-11H2,1H3. The number of hydrogen-bond donors (Lipinski definition) is 0. The molecule has 4 heteroatoms. The molecule has 2 aliphatic rings. The van der Waals surface area contributed by atoms with Gasteiger partial charge in [0.25, 0.3) is 0 Å². The normalized spacial score (nSPS) is 20.4. The zero-order valence-corrected chi connectivity index (χ0v) is 11.3. The average molecular weight is 260 g/mol. The van der Waals surface area contributed by atoms with Crippen molar-refractivity contribution in [1.82, 2.24) is 4.90 Å². The molecule has 1 heterocycles. The zero-order chi connectivity index (χ0) is 13.2. The van der Waals surface area contributed by atoms with Gasteiger partial charge in [0.2, 0.25) is 0 Å². The molecule has 0 N–H and O–H groups in total. The molecule has 0 atom stereocenters. The van der Waals surface area contributed by atoms with Gasteiger partial charge in [0.1, 0.15) is 0 Å². The fraction of sp³-hybridized carbons (Fsp3) is 0.533. The van der Waals surface area contributed by atoms with E-state index in [1.807, 2.05) is 24.3 Å². The maximum absolute atomic E-state index is 11.4. The highest BCUT2D eigenvalue weighted by Crippen LogP contribution is 2.28. The molecule has 1 saturated heterocycles. The molecule has 1 aromatic carbocycles. The highest BCUT2D eigenvalue weighted by Gasteiger charge is 2.31. The van der Waals surface area contributed by atoms with E-state index in [-0.39, 0.29) is 5.97 Å². The minimum absolute atomic E-state index is 0.273. The quantitative estimate of drug-likeness (QED) is 0.775. The van der Waals surface area contributed by atoms with Crippen LogP contribution in [0.1, 0.15) is 23.2 Å². The van der Waals surface area contributed by atoms with Gasteiger partial charge in [-0.3, -0.25) is 4.90 Å². The van der Waals surface area contributed by atoms with Crippen LogP contribution in [-0.2, 0) is 4.74 Å². The summed E-state index contributed by atoms with van der Waals surface area (Å²) in [5.74, 6) is -0.273. The molecule has 0 aromatic heterocycles. The van der Waals surface area contributed by atoms with Crippen LogP contribution in [-0.4, -0.2) is 50.2 Å². The van der Waals surface area contributed by atoms with Crippen molar-refractivity contribution in [2.24, 2.45) is 0 Å². The predicted octanol–water partition coefficient (Wildman–Crippen LogP) is 1.76. The lowest BCUT2D eigenvalue weighted by molar-refractivity contribution is 0.0601. The molecule has 2 fully saturated rings. The summed E-state index contributed by atoms with van der Waals surface area (Å²) in [5.41, 5.74) is 1.81. The molecular weight excluding hydrogens is 240 g/mol. The number of carbonyl (C=O) groups excluding carboxylic acids is 1. The Morgan fingerprint density at radius 3 is 2.26 bits per heavy atom. The lowest BCUT2D eigenvalue weighted by atomic mass is 10.2. The Labute approximate surface area is 113 Å². The summed E-state index contributed by atoms with van der Waals surface area (Å²) in [6.45, 7) is 4.47. The number of hydrogen-bond acceptors (Lipinski definition) is 4. The monoisotopic (exact) mass is 260 g/mol. The first kappa shape index (κ1) is 12.5. The first-order valence-electron chi connectivity index (χ1n) is 6.95. The van der Waals surface area contributed by atoms with Crippen LogP contribution in [0.4, 0.5) is 5.69 Å². The number of piperazine rings is 1. The van der Waals surface area contributed by atoms with E-state index in [1.54, 1.807) is 0 Å². The molecule has 102 valence electrons. The highest BCUT2D eigenvalue weighted by molar-refractivity contribution is 5.89. The van der Waals surface area contributed by atoms with Gasteiger partial charge in [0.05, 0.1) is 12.7 Å². The topological polar surface area (TPSA) is 32.8 Å². The lowest BCUT2D eigenvalue weighted by Crippen LogP contribution is -2.47. The van der Waals surface area contributed by atoms with Crippen molar-refractivity contribution < 1.29 is 9.53 Å². The van der Waals surface area contributed by atoms with Crippen molar-refractivity contribution in [3.63, 3.8) is 0 Å². The van der Waals surface area contributed by atoms with E-state index in [9.17, 15) is 4.79 Å². The molecule has 1 aromatic rings. The van der Waals surface area contributed by atoms with Crippen molar-refractivity contribution in [3.05, 3.63) is 29.8 Å². The van der Waals surface area contributed by atoms with E-state index in [1.165, 1.54) is 25.6 Å². The molecule has 0 bridgehead atoms. The summed E-state index contributed by atoms with van der Waals surface area (Å²) in [5, 5.41) is 0. The van der Waals surface area contributed by atoms with Crippen LogP contribution >= 0.6 is 0 Å². The van der Waals surface area contributed by atoms with Gasteiger partial charge >= 0.3 is 5.97 Å². The zero-order valence-electron chi connectivity index (χ0n) is 11.3. The first-order chi connectivity index (χ1) is 9.28. The van der Waals surface area contributed by atoms with Crippen molar-refractivity contribution >= 4 is 11.7 Å². The van der Waals surface area contributed by atoms with E-state index in [2.05, 4.69) is 9.80 Å². The van der Waals surface area contributed by atoms with Crippen LogP contribution in [0.2, 0.25) is 0 Å². The highest BCUT2D eigenvalue weighted by atomic mass is 16.5. The second-order valence-corrected chi connectivity index (χ2v) is 5.29. The number of esters is 1. The van der Waals surface area contributed by atoms with Crippen LogP contribution in [0, 0.1) is 0 Å². The van der Waals surface area contributed by atoms with Gasteiger partial charge < -0.3 is 9.64 Å². The molecule has 1 aliphatic heterocycles. The minimum atomic E-state index is -0.273. The van der Waals surface area contributed by atoms with Crippen LogP contribution < -0.4 is 4.90 Å². The second kappa shape index (κ2) is 5.21. The van der Waals surface area contributed by atoms with Crippen molar-refractivity contribution in [2.75, 3.05) is 38.2 Å². The van der Waals surface area contributed by atoms with Gasteiger partial charge in [-0.05, 0) is 37.1 Å². The fourth-order valence-corrected chi connectivity index (χ4v) is 2.71. The van der Waals surface area contributed by atoms with Crippen LogP contribution in [0.15, 0.2) is 24.3 Å². The van der Waals surface area contributed by atoms with Crippen LogP contribution in [0.5, 0.6) is 0 Å². The average Bonchev–Trinajstić information content (AvgIpc) is 3.31. The van der Waals surface area contributed by atoms with Crippen molar-refractivity contribution in [1.29, 1.82) is 0 Å².